The molecule has 1 N–H and O–H groups in total. The number of hydrogen-bond acceptors (Lipinski definition) is 2. The Balaban J connectivity index is 1.56. The van der Waals surface area contributed by atoms with Gasteiger partial charge in [0.15, 0.2) is 5.71 Å². The van der Waals surface area contributed by atoms with Crippen molar-refractivity contribution in [2.24, 2.45) is 5.92 Å². The minimum atomic E-state index is -4.42. The van der Waals surface area contributed by atoms with Gasteiger partial charge in [0, 0.05) is 36.1 Å². The molecule has 4 nitrogen and oxygen atoms in total. The number of carbonyl (C=O) groups is 1. The lowest BCUT2D eigenvalue weighted by Gasteiger charge is -2.18. The van der Waals surface area contributed by atoms with Crippen molar-refractivity contribution in [3.8, 4) is 0 Å². The van der Waals surface area contributed by atoms with Gasteiger partial charge in [-0.15, -0.1) is 0 Å². The highest BCUT2D eigenvalue weighted by Gasteiger charge is 2.53. The number of allylic oxidation sites excluding steroid dienone is 2. The van der Waals surface area contributed by atoms with Crippen LogP contribution in [0.4, 0.5) is 24.5 Å². The van der Waals surface area contributed by atoms with E-state index in [4.69, 9.17) is 23.2 Å². The summed E-state index contributed by atoms with van der Waals surface area (Å²) in [5, 5.41) is 2.84. The molecule has 1 fully saturated rings. The zero-order valence-corrected chi connectivity index (χ0v) is 15.7. The molecule has 1 saturated carbocycles. The molecule has 4 rings (SSSR count). The summed E-state index contributed by atoms with van der Waals surface area (Å²) in [6.07, 6.45) is 1.19. The van der Waals surface area contributed by atoms with Gasteiger partial charge in [0.05, 0.1) is 21.7 Å². The third kappa shape index (κ3) is 3.52. The van der Waals surface area contributed by atoms with Gasteiger partial charge < -0.3 is 5.32 Å². The molecule has 0 bridgehead atoms. The molecular formula is C19H13Cl2F3N3O+. The molecule has 1 aliphatic carbocycles. The molecule has 1 aliphatic heterocycles. The number of anilines is 1. The van der Waals surface area contributed by atoms with Gasteiger partial charge in [-0.1, -0.05) is 23.2 Å². The van der Waals surface area contributed by atoms with E-state index >= 15 is 0 Å². The first kappa shape index (κ1) is 19.0. The summed E-state index contributed by atoms with van der Waals surface area (Å²) in [4.78, 5) is 16.2. The van der Waals surface area contributed by atoms with Crippen molar-refractivity contribution in [1.82, 2.24) is 4.98 Å². The van der Waals surface area contributed by atoms with Gasteiger partial charge in [0.25, 0.3) is 11.6 Å². The monoisotopic (exact) mass is 426 g/mol. The van der Waals surface area contributed by atoms with Crippen LogP contribution in [0.1, 0.15) is 23.2 Å². The highest BCUT2D eigenvalue weighted by molar-refractivity contribution is 6.40. The largest absolute Gasteiger partial charge is 0.478 e. The number of nitrogens with one attached hydrogen (secondary N) is 1. The van der Waals surface area contributed by atoms with E-state index in [1.54, 1.807) is 0 Å². The van der Waals surface area contributed by atoms with E-state index in [0.29, 0.717) is 17.1 Å². The molecule has 0 atom stereocenters. The van der Waals surface area contributed by atoms with Crippen molar-refractivity contribution in [3.05, 3.63) is 64.0 Å². The van der Waals surface area contributed by atoms with Crippen LogP contribution in [-0.4, -0.2) is 27.4 Å². The second-order valence-corrected chi connectivity index (χ2v) is 7.36. The number of benzene rings is 1. The van der Waals surface area contributed by atoms with Crippen LogP contribution < -0.4 is 5.32 Å². The number of pyridine rings is 1. The molecule has 28 heavy (non-hydrogen) atoms. The maximum atomic E-state index is 13.2. The molecule has 1 aromatic carbocycles. The first-order chi connectivity index (χ1) is 13.3. The van der Waals surface area contributed by atoms with Crippen LogP contribution in [0.5, 0.6) is 0 Å². The number of aromatic nitrogens is 1. The zero-order chi connectivity index (χ0) is 20.1. The van der Waals surface area contributed by atoms with Crippen molar-refractivity contribution < 1.29 is 22.5 Å². The summed E-state index contributed by atoms with van der Waals surface area (Å²) >= 11 is 11.9. The first-order valence-corrected chi connectivity index (χ1v) is 9.17. The van der Waals surface area contributed by atoms with Gasteiger partial charge in [-0.3, -0.25) is 9.78 Å². The lowest BCUT2D eigenvalue weighted by atomic mass is 10.1. The second-order valence-electron chi connectivity index (χ2n) is 6.54. The normalized spacial score (nSPS) is 16.5. The Hall–Kier alpha value is -2.38. The summed E-state index contributed by atoms with van der Waals surface area (Å²) in [7, 11) is 0. The molecule has 2 aliphatic rings. The Kier molecular flexibility index (Phi) is 4.67. The highest BCUT2D eigenvalue weighted by atomic mass is 35.5. The van der Waals surface area contributed by atoms with Crippen LogP contribution in [0.25, 0.3) is 0 Å². The zero-order valence-electron chi connectivity index (χ0n) is 14.2. The van der Waals surface area contributed by atoms with E-state index in [1.165, 1.54) is 47.3 Å². The maximum Gasteiger partial charge on any atom is 0.478 e. The molecule has 144 valence electrons. The Bertz CT molecular complexity index is 1010. The van der Waals surface area contributed by atoms with Crippen molar-refractivity contribution in [2.75, 3.05) is 5.32 Å². The molecule has 2 aromatic rings. The third-order valence-electron chi connectivity index (χ3n) is 4.53. The lowest BCUT2D eigenvalue weighted by Crippen LogP contribution is -2.34. The van der Waals surface area contributed by atoms with Gasteiger partial charge in [0.1, 0.15) is 0 Å². The van der Waals surface area contributed by atoms with E-state index in [1.807, 2.05) is 0 Å². The first-order valence-electron chi connectivity index (χ1n) is 8.42. The molecule has 2 heterocycles. The van der Waals surface area contributed by atoms with E-state index in [2.05, 4.69) is 10.3 Å². The molecular weight excluding hydrogens is 414 g/mol. The van der Waals surface area contributed by atoms with Gasteiger partial charge in [0.2, 0.25) is 5.69 Å². The molecule has 9 heteroatoms. The minimum Gasteiger partial charge on any atom is -0.322 e. The van der Waals surface area contributed by atoms with Gasteiger partial charge in [-0.2, -0.15) is 17.7 Å². The summed E-state index contributed by atoms with van der Waals surface area (Å²) in [5.41, 5.74) is 0.885. The van der Waals surface area contributed by atoms with Gasteiger partial charge >= 0.3 is 6.18 Å². The summed E-state index contributed by atoms with van der Waals surface area (Å²) in [6, 6.07) is 6.14. The lowest BCUT2D eigenvalue weighted by molar-refractivity contribution is -0.437. The van der Waals surface area contributed by atoms with E-state index in [0.717, 1.165) is 12.8 Å². The predicted molar refractivity (Wildman–Crippen MR) is 100 cm³/mol. The van der Waals surface area contributed by atoms with Crippen LogP contribution in [0.2, 0.25) is 10.0 Å². The summed E-state index contributed by atoms with van der Waals surface area (Å²) in [5.74, 6) is -0.350. The molecule has 0 saturated heterocycles. The number of hydrogen-bond donors (Lipinski definition) is 1. The number of halogens is 5. The average molecular weight is 427 g/mol. The van der Waals surface area contributed by atoms with Crippen LogP contribution in [-0.2, 0) is 0 Å². The summed E-state index contributed by atoms with van der Waals surface area (Å²) < 4.78 is 40.8. The smallest absolute Gasteiger partial charge is 0.322 e. The Morgan fingerprint density at radius 3 is 2.25 bits per heavy atom. The fourth-order valence-electron chi connectivity index (χ4n) is 3.03. The quantitative estimate of drug-likeness (QED) is 0.647. The summed E-state index contributed by atoms with van der Waals surface area (Å²) in [6.45, 7) is 0. The molecule has 0 unspecified atom stereocenters. The van der Waals surface area contributed by atoms with Crippen molar-refractivity contribution in [3.63, 3.8) is 0 Å². The minimum absolute atomic E-state index is 0.0804. The van der Waals surface area contributed by atoms with E-state index in [9.17, 15) is 18.0 Å². The van der Waals surface area contributed by atoms with Crippen LogP contribution in [0.3, 0.4) is 0 Å². The Labute approximate surface area is 168 Å². The Morgan fingerprint density at radius 1 is 1.11 bits per heavy atom. The van der Waals surface area contributed by atoms with Crippen LogP contribution in [0, 0.1) is 5.92 Å². The number of nitrogens with zero attached hydrogens (tertiary/aromatic N) is 2. The second kappa shape index (κ2) is 6.90. The Morgan fingerprint density at radius 2 is 1.71 bits per heavy atom. The number of amides is 1. The molecule has 0 radical (unpaired) electrons. The standard InChI is InChI=1S/C19H12Cl2F3N3O/c20-13-8-25-9-14(21)17(13)18(28)26-11-3-5-12(6-4-11)27-15(10-1-2-10)7-16(27)19(22,23)24/h3-10H,1-2H2/p+1. The van der Waals surface area contributed by atoms with Crippen LogP contribution >= 0.6 is 23.2 Å². The SMILES string of the molecule is O=C(Nc1ccc([N+]2=C(C3CC3)C=C2C(F)(F)F)cc1)c1c(Cl)cncc1Cl. The van der Waals surface area contributed by atoms with E-state index in [-0.39, 0.29) is 21.5 Å². The number of carbonyl (C=O) groups excluding carboxylic acids is 1. The van der Waals surface area contributed by atoms with Gasteiger partial charge in [-0.05, 0) is 25.0 Å². The topological polar surface area (TPSA) is 45.0 Å². The van der Waals surface area contributed by atoms with Crippen LogP contribution in [0.15, 0.2) is 48.4 Å². The van der Waals surface area contributed by atoms with E-state index < -0.39 is 17.8 Å². The molecule has 0 spiro atoms. The number of alkyl halides is 3. The molecule has 1 amide bonds. The predicted octanol–water partition coefficient (Wildman–Crippen LogP) is 5.60. The molecule has 1 aromatic heterocycles. The van der Waals surface area contributed by atoms with Crippen molar-refractivity contribution >= 4 is 46.2 Å². The fourth-order valence-corrected chi connectivity index (χ4v) is 3.57. The average Bonchev–Trinajstić information content (AvgIpc) is 3.39. The number of rotatable bonds is 4. The fraction of sp³-hybridized carbons (Fsp3) is 0.211. The third-order valence-corrected chi connectivity index (χ3v) is 5.11. The van der Waals surface area contributed by atoms with Crippen molar-refractivity contribution in [1.29, 1.82) is 0 Å². The van der Waals surface area contributed by atoms with Gasteiger partial charge in [-0.25, -0.2) is 0 Å². The highest BCUT2D eigenvalue weighted by Crippen LogP contribution is 2.42. The maximum absolute atomic E-state index is 13.2. The van der Waals surface area contributed by atoms with Crippen molar-refractivity contribution in [2.45, 2.75) is 19.0 Å².